The molecule has 0 bridgehead atoms. The zero-order chi connectivity index (χ0) is 20.4. The third kappa shape index (κ3) is 5.09. The standard InChI is InChI=1S/C23H30ClN5/c1-23(2,3)27-19-9-5-8-18(10-11-19)26-21-12-13-22-25-15-20(29(22)28-21)16-6-4-7-17(24)14-16/h4,6-7,12-15,18-19,27H,5,8-11H2,1-3H3,(H,26,28)/t18-,19-/m1/s1. The van der Waals surface area contributed by atoms with Gasteiger partial charge < -0.3 is 10.6 Å². The molecule has 0 unspecified atom stereocenters. The van der Waals surface area contributed by atoms with Crippen molar-refractivity contribution in [3.8, 4) is 11.3 Å². The van der Waals surface area contributed by atoms with Crippen LogP contribution >= 0.6 is 11.6 Å². The van der Waals surface area contributed by atoms with E-state index in [1.54, 1.807) is 0 Å². The molecule has 2 N–H and O–H groups in total. The van der Waals surface area contributed by atoms with E-state index >= 15 is 0 Å². The van der Waals surface area contributed by atoms with Gasteiger partial charge in [-0.25, -0.2) is 9.50 Å². The van der Waals surface area contributed by atoms with Crippen molar-refractivity contribution < 1.29 is 0 Å². The van der Waals surface area contributed by atoms with Crippen LogP contribution in [-0.4, -0.2) is 32.2 Å². The van der Waals surface area contributed by atoms with Gasteiger partial charge in [0.2, 0.25) is 0 Å². The summed E-state index contributed by atoms with van der Waals surface area (Å²) in [5, 5.41) is 13.0. The van der Waals surface area contributed by atoms with Crippen molar-refractivity contribution in [2.24, 2.45) is 0 Å². The number of hydrogen-bond donors (Lipinski definition) is 2. The summed E-state index contributed by atoms with van der Waals surface area (Å²) in [4.78, 5) is 4.49. The first-order valence-electron chi connectivity index (χ1n) is 10.5. The highest BCUT2D eigenvalue weighted by molar-refractivity contribution is 6.30. The van der Waals surface area contributed by atoms with E-state index in [9.17, 15) is 0 Å². The lowest BCUT2D eigenvalue weighted by Gasteiger charge is -2.28. The highest BCUT2D eigenvalue weighted by Crippen LogP contribution is 2.25. The fourth-order valence-corrected chi connectivity index (χ4v) is 4.40. The average Bonchev–Trinajstić information content (AvgIpc) is 2.96. The van der Waals surface area contributed by atoms with Gasteiger partial charge in [-0.2, -0.15) is 0 Å². The summed E-state index contributed by atoms with van der Waals surface area (Å²) in [5.74, 6) is 0.894. The molecule has 0 aliphatic heterocycles. The van der Waals surface area contributed by atoms with Crippen molar-refractivity contribution in [2.75, 3.05) is 5.32 Å². The van der Waals surface area contributed by atoms with Crippen LogP contribution in [0.4, 0.5) is 5.82 Å². The molecule has 3 aromatic rings. The van der Waals surface area contributed by atoms with E-state index < -0.39 is 0 Å². The van der Waals surface area contributed by atoms with Crippen LogP contribution in [0, 0.1) is 0 Å². The van der Waals surface area contributed by atoms with Crippen LogP contribution in [-0.2, 0) is 0 Å². The predicted octanol–water partition coefficient (Wildman–Crippen LogP) is 5.55. The van der Waals surface area contributed by atoms with Crippen LogP contribution in [0.1, 0.15) is 52.9 Å². The van der Waals surface area contributed by atoms with Gasteiger partial charge in [0.05, 0.1) is 11.9 Å². The molecule has 2 atom stereocenters. The van der Waals surface area contributed by atoms with E-state index in [1.807, 2.05) is 47.1 Å². The van der Waals surface area contributed by atoms with E-state index in [-0.39, 0.29) is 5.54 Å². The summed E-state index contributed by atoms with van der Waals surface area (Å²) in [7, 11) is 0. The summed E-state index contributed by atoms with van der Waals surface area (Å²) in [6.45, 7) is 6.74. The molecule has 1 aliphatic carbocycles. The fraction of sp³-hybridized carbons (Fsp3) is 0.478. The molecule has 5 nitrogen and oxygen atoms in total. The van der Waals surface area contributed by atoms with Crippen molar-refractivity contribution >= 4 is 23.1 Å². The second-order valence-corrected chi connectivity index (χ2v) is 9.52. The summed E-state index contributed by atoms with van der Waals surface area (Å²) < 4.78 is 1.90. The number of anilines is 1. The molecule has 154 valence electrons. The van der Waals surface area contributed by atoms with Crippen LogP contribution in [0.5, 0.6) is 0 Å². The van der Waals surface area contributed by atoms with E-state index in [0.29, 0.717) is 17.1 Å². The first-order chi connectivity index (χ1) is 13.9. The van der Waals surface area contributed by atoms with Gasteiger partial charge in [-0.15, -0.1) is 5.10 Å². The Labute approximate surface area is 177 Å². The lowest BCUT2D eigenvalue weighted by molar-refractivity contribution is 0.334. The zero-order valence-electron chi connectivity index (χ0n) is 17.5. The van der Waals surface area contributed by atoms with Gasteiger partial charge in [-0.3, -0.25) is 0 Å². The molecule has 0 spiro atoms. The second kappa shape index (κ2) is 8.33. The van der Waals surface area contributed by atoms with Crippen molar-refractivity contribution in [3.63, 3.8) is 0 Å². The third-order valence-electron chi connectivity index (χ3n) is 5.44. The minimum absolute atomic E-state index is 0.169. The molecule has 2 heterocycles. The number of fused-ring (bicyclic) bond motifs is 1. The molecule has 29 heavy (non-hydrogen) atoms. The van der Waals surface area contributed by atoms with E-state index in [2.05, 4.69) is 36.4 Å². The summed E-state index contributed by atoms with van der Waals surface area (Å²) in [6.07, 6.45) is 7.84. The van der Waals surface area contributed by atoms with Gasteiger partial charge in [0.25, 0.3) is 0 Å². The van der Waals surface area contributed by atoms with Crippen LogP contribution < -0.4 is 10.6 Å². The molecule has 1 saturated carbocycles. The highest BCUT2D eigenvalue weighted by atomic mass is 35.5. The Morgan fingerprint density at radius 1 is 1.03 bits per heavy atom. The number of hydrogen-bond acceptors (Lipinski definition) is 4. The van der Waals surface area contributed by atoms with Gasteiger partial charge >= 0.3 is 0 Å². The number of rotatable bonds is 4. The molecule has 0 saturated heterocycles. The third-order valence-corrected chi connectivity index (χ3v) is 5.68. The summed E-state index contributed by atoms with van der Waals surface area (Å²) in [6, 6.07) is 12.9. The Hall–Kier alpha value is -2.11. The van der Waals surface area contributed by atoms with Crippen LogP contribution in [0.15, 0.2) is 42.6 Å². The van der Waals surface area contributed by atoms with Crippen LogP contribution in [0.2, 0.25) is 5.02 Å². The fourth-order valence-electron chi connectivity index (χ4n) is 4.21. The summed E-state index contributed by atoms with van der Waals surface area (Å²) >= 11 is 6.17. The second-order valence-electron chi connectivity index (χ2n) is 9.08. The SMILES string of the molecule is CC(C)(C)N[C@@H]1CCC[C@@H](Nc2ccc3ncc(-c4cccc(Cl)c4)n3n2)CC1. The molecule has 2 aromatic heterocycles. The number of benzene rings is 1. The normalized spacial score (nSPS) is 20.6. The first-order valence-corrected chi connectivity index (χ1v) is 10.9. The molecule has 1 fully saturated rings. The van der Waals surface area contributed by atoms with Crippen molar-refractivity contribution in [2.45, 2.75) is 70.5 Å². The minimum atomic E-state index is 0.169. The Balaban J connectivity index is 1.49. The van der Waals surface area contributed by atoms with E-state index in [0.717, 1.165) is 29.1 Å². The molecule has 4 rings (SSSR count). The number of halogens is 1. The van der Waals surface area contributed by atoms with Gasteiger partial charge in [0, 0.05) is 28.2 Å². The Bertz CT molecular complexity index is 975. The monoisotopic (exact) mass is 411 g/mol. The number of aromatic nitrogens is 3. The van der Waals surface area contributed by atoms with Gasteiger partial charge in [-0.1, -0.05) is 23.7 Å². The molecule has 6 heteroatoms. The van der Waals surface area contributed by atoms with Crippen molar-refractivity contribution in [1.29, 1.82) is 0 Å². The van der Waals surface area contributed by atoms with Crippen molar-refractivity contribution in [3.05, 3.63) is 47.6 Å². The maximum absolute atomic E-state index is 6.17. The first kappa shape index (κ1) is 20.2. The van der Waals surface area contributed by atoms with Crippen molar-refractivity contribution in [1.82, 2.24) is 19.9 Å². The quantitative estimate of drug-likeness (QED) is 0.552. The lowest BCUT2D eigenvalue weighted by Crippen LogP contribution is -2.43. The molecule has 1 aromatic carbocycles. The maximum Gasteiger partial charge on any atom is 0.154 e. The molecular weight excluding hydrogens is 382 g/mol. The predicted molar refractivity (Wildman–Crippen MR) is 121 cm³/mol. The Kier molecular flexibility index (Phi) is 5.79. The molecule has 0 radical (unpaired) electrons. The molecule has 0 amide bonds. The van der Waals surface area contributed by atoms with Gasteiger partial charge in [0.15, 0.2) is 5.65 Å². The zero-order valence-corrected chi connectivity index (χ0v) is 18.2. The minimum Gasteiger partial charge on any atom is -0.366 e. The highest BCUT2D eigenvalue weighted by Gasteiger charge is 2.22. The summed E-state index contributed by atoms with van der Waals surface area (Å²) in [5.41, 5.74) is 2.96. The molecule has 1 aliphatic rings. The van der Waals surface area contributed by atoms with Crippen LogP contribution in [0.3, 0.4) is 0 Å². The maximum atomic E-state index is 6.17. The largest absolute Gasteiger partial charge is 0.366 e. The van der Waals surface area contributed by atoms with Gasteiger partial charge in [0.1, 0.15) is 5.82 Å². The number of nitrogens with zero attached hydrogens (tertiary/aromatic N) is 3. The smallest absolute Gasteiger partial charge is 0.154 e. The topological polar surface area (TPSA) is 54.2 Å². The van der Waals surface area contributed by atoms with Gasteiger partial charge in [-0.05, 0) is 77.1 Å². The lowest BCUT2D eigenvalue weighted by atomic mass is 10.0. The Morgan fingerprint density at radius 3 is 2.62 bits per heavy atom. The van der Waals surface area contributed by atoms with E-state index in [1.165, 1.54) is 25.7 Å². The average molecular weight is 412 g/mol. The number of nitrogens with one attached hydrogen (secondary N) is 2. The van der Waals surface area contributed by atoms with Crippen LogP contribution in [0.25, 0.3) is 16.9 Å². The number of imidazole rings is 1. The van der Waals surface area contributed by atoms with E-state index in [4.69, 9.17) is 16.7 Å². The molecular formula is C23H30ClN5. The Morgan fingerprint density at radius 2 is 1.83 bits per heavy atom.